The number of carbonyl (C=O) groups is 1. The van der Waals surface area contributed by atoms with Crippen molar-refractivity contribution in [3.63, 3.8) is 0 Å². The fourth-order valence-corrected chi connectivity index (χ4v) is 2.67. The average Bonchev–Trinajstić information content (AvgIpc) is 2.73. The van der Waals surface area contributed by atoms with E-state index in [0.717, 1.165) is 24.4 Å². The third kappa shape index (κ3) is 3.35. The molecule has 2 fully saturated rings. The van der Waals surface area contributed by atoms with Crippen molar-refractivity contribution in [3.05, 3.63) is 0 Å². The topological polar surface area (TPSA) is 35.6 Å². The summed E-state index contributed by atoms with van der Waals surface area (Å²) in [5, 5.41) is 3.24. The zero-order valence-electron chi connectivity index (χ0n) is 10.4. The Bertz CT molecular complexity index is 326. The van der Waals surface area contributed by atoms with Crippen molar-refractivity contribution in [3.8, 4) is 0 Å². The number of hydrogen-bond donors (Lipinski definition) is 1. The molecule has 2 aliphatic heterocycles. The van der Waals surface area contributed by atoms with E-state index in [1.807, 2.05) is 0 Å². The molecular formula is C11H18F3N3O. The lowest BCUT2D eigenvalue weighted by Crippen LogP contribution is -2.39. The molecule has 0 aromatic rings. The maximum Gasteiger partial charge on any atom is 0.406 e. The van der Waals surface area contributed by atoms with Gasteiger partial charge in [-0.1, -0.05) is 6.92 Å². The van der Waals surface area contributed by atoms with E-state index in [9.17, 15) is 18.0 Å². The molecule has 0 aliphatic carbocycles. The molecule has 0 spiro atoms. The van der Waals surface area contributed by atoms with Gasteiger partial charge in [-0.3, -0.25) is 9.69 Å². The number of rotatable bonds is 3. The Morgan fingerprint density at radius 1 is 1.44 bits per heavy atom. The van der Waals surface area contributed by atoms with Crippen LogP contribution in [0.3, 0.4) is 0 Å². The summed E-state index contributed by atoms with van der Waals surface area (Å²) in [4.78, 5) is 14.2. The molecule has 104 valence electrons. The zero-order chi connectivity index (χ0) is 13.4. The van der Waals surface area contributed by atoms with E-state index in [4.69, 9.17) is 0 Å². The van der Waals surface area contributed by atoms with E-state index < -0.39 is 18.6 Å². The van der Waals surface area contributed by atoms with Crippen molar-refractivity contribution in [2.45, 2.75) is 19.5 Å². The lowest BCUT2D eigenvalue weighted by Gasteiger charge is -2.28. The summed E-state index contributed by atoms with van der Waals surface area (Å²) in [6.45, 7) is 3.61. The van der Waals surface area contributed by atoms with Gasteiger partial charge in [0.05, 0.1) is 13.2 Å². The van der Waals surface area contributed by atoms with Crippen LogP contribution in [0.25, 0.3) is 0 Å². The molecule has 2 aliphatic rings. The molecule has 0 radical (unpaired) electrons. The largest absolute Gasteiger partial charge is 0.406 e. The van der Waals surface area contributed by atoms with Gasteiger partial charge in [-0.05, 0) is 18.4 Å². The minimum absolute atomic E-state index is 0.0640. The molecule has 18 heavy (non-hydrogen) atoms. The van der Waals surface area contributed by atoms with Crippen LogP contribution in [0.15, 0.2) is 0 Å². The maximum absolute atomic E-state index is 12.3. The highest BCUT2D eigenvalue weighted by atomic mass is 19.4. The number of nitrogens with zero attached hydrogens (tertiary/aromatic N) is 2. The predicted molar refractivity (Wildman–Crippen MR) is 59.8 cm³/mol. The summed E-state index contributed by atoms with van der Waals surface area (Å²) in [6, 6.07) is 0. The molecule has 0 aromatic heterocycles. The molecule has 7 heteroatoms. The van der Waals surface area contributed by atoms with Crippen LogP contribution in [-0.4, -0.2) is 61.3 Å². The first-order valence-electron chi connectivity index (χ1n) is 6.05. The Morgan fingerprint density at radius 2 is 2.17 bits per heavy atom. The molecule has 0 saturated carbocycles. The Balaban J connectivity index is 1.88. The van der Waals surface area contributed by atoms with Crippen molar-refractivity contribution >= 4 is 5.91 Å². The fourth-order valence-electron chi connectivity index (χ4n) is 2.67. The summed E-state index contributed by atoms with van der Waals surface area (Å²) < 4.78 is 36.8. The first-order chi connectivity index (χ1) is 8.27. The minimum atomic E-state index is -4.31. The molecule has 2 rings (SSSR count). The first kappa shape index (κ1) is 13.6. The highest BCUT2D eigenvalue weighted by Gasteiger charge is 2.39. The maximum atomic E-state index is 12.3. The second-order valence-electron chi connectivity index (χ2n) is 5.57. The van der Waals surface area contributed by atoms with Crippen LogP contribution in [0.5, 0.6) is 0 Å². The number of amides is 1. The van der Waals surface area contributed by atoms with Gasteiger partial charge >= 0.3 is 6.18 Å². The summed E-state index contributed by atoms with van der Waals surface area (Å²) in [6.07, 6.45) is -3.32. The average molecular weight is 265 g/mol. The Kier molecular flexibility index (Phi) is 3.55. The molecular weight excluding hydrogens is 247 g/mol. The zero-order valence-corrected chi connectivity index (χ0v) is 10.4. The Hall–Kier alpha value is -0.820. The van der Waals surface area contributed by atoms with Crippen molar-refractivity contribution in [2.75, 3.05) is 39.4 Å². The minimum Gasteiger partial charge on any atom is -0.319 e. The van der Waals surface area contributed by atoms with Gasteiger partial charge in [-0.25, -0.2) is 0 Å². The van der Waals surface area contributed by atoms with E-state index in [1.165, 1.54) is 0 Å². The van der Waals surface area contributed by atoms with Crippen LogP contribution >= 0.6 is 0 Å². The van der Waals surface area contributed by atoms with Crippen LogP contribution < -0.4 is 5.32 Å². The summed E-state index contributed by atoms with van der Waals surface area (Å²) >= 11 is 0. The molecule has 2 heterocycles. The van der Waals surface area contributed by atoms with E-state index >= 15 is 0 Å². The van der Waals surface area contributed by atoms with Gasteiger partial charge in [0.1, 0.15) is 6.54 Å². The second-order valence-corrected chi connectivity index (χ2v) is 5.57. The number of alkyl halides is 3. The third-order valence-electron chi connectivity index (χ3n) is 3.51. The van der Waals surface area contributed by atoms with Crippen LogP contribution in [0.1, 0.15) is 13.3 Å². The summed E-state index contributed by atoms with van der Waals surface area (Å²) in [5.41, 5.74) is 0.0640. The quantitative estimate of drug-likeness (QED) is 0.814. The Labute approximate surface area is 104 Å². The highest BCUT2D eigenvalue weighted by Crippen LogP contribution is 2.27. The SMILES string of the molecule is CC1(CN2CC(=O)N(CC(F)(F)F)C2)CCNC1. The van der Waals surface area contributed by atoms with Crippen molar-refractivity contribution in [2.24, 2.45) is 5.41 Å². The molecule has 1 atom stereocenters. The third-order valence-corrected chi connectivity index (χ3v) is 3.51. The lowest BCUT2D eigenvalue weighted by atomic mass is 9.89. The monoisotopic (exact) mass is 265 g/mol. The van der Waals surface area contributed by atoms with Gasteiger partial charge in [0.2, 0.25) is 5.91 Å². The first-order valence-corrected chi connectivity index (χ1v) is 6.05. The molecule has 1 N–H and O–H groups in total. The van der Waals surface area contributed by atoms with Crippen molar-refractivity contribution in [1.29, 1.82) is 0 Å². The molecule has 0 aromatic carbocycles. The standard InChI is InChI=1S/C11H18F3N3O/c1-10(2-3-15-5-10)6-16-4-9(18)17(8-16)7-11(12,13)14/h15H,2-8H2,1H3. The molecule has 1 amide bonds. The Morgan fingerprint density at radius 3 is 2.72 bits per heavy atom. The predicted octanol–water partition coefficient (Wildman–Crippen LogP) is 0.650. The highest BCUT2D eigenvalue weighted by molar-refractivity contribution is 5.80. The van der Waals surface area contributed by atoms with Gasteiger partial charge < -0.3 is 10.2 Å². The van der Waals surface area contributed by atoms with Crippen LogP contribution in [0.4, 0.5) is 13.2 Å². The fraction of sp³-hybridized carbons (Fsp3) is 0.909. The number of carbonyl (C=O) groups excluding carboxylic acids is 1. The molecule has 2 saturated heterocycles. The van der Waals surface area contributed by atoms with E-state index in [1.54, 1.807) is 4.90 Å². The molecule has 0 bridgehead atoms. The van der Waals surface area contributed by atoms with Gasteiger partial charge in [0, 0.05) is 13.1 Å². The van der Waals surface area contributed by atoms with E-state index in [-0.39, 0.29) is 18.6 Å². The smallest absolute Gasteiger partial charge is 0.319 e. The van der Waals surface area contributed by atoms with Crippen LogP contribution in [0.2, 0.25) is 0 Å². The van der Waals surface area contributed by atoms with Gasteiger partial charge in [0.15, 0.2) is 0 Å². The van der Waals surface area contributed by atoms with Crippen molar-refractivity contribution in [1.82, 2.24) is 15.1 Å². The van der Waals surface area contributed by atoms with Gasteiger partial charge in [-0.2, -0.15) is 13.2 Å². The van der Waals surface area contributed by atoms with Gasteiger partial charge in [-0.15, -0.1) is 0 Å². The van der Waals surface area contributed by atoms with E-state index in [2.05, 4.69) is 12.2 Å². The number of hydrogen-bond acceptors (Lipinski definition) is 3. The van der Waals surface area contributed by atoms with Crippen LogP contribution in [-0.2, 0) is 4.79 Å². The van der Waals surface area contributed by atoms with E-state index in [0.29, 0.717) is 6.54 Å². The molecule has 4 nitrogen and oxygen atoms in total. The number of halogens is 3. The second kappa shape index (κ2) is 4.70. The van der Waals surface area contributed by atoms with Crippen molar-refractivity contribution < 1.29 is 18.0 Å². The summed E-state index contributed by atoms with van der Waals surface area (Å²) in [5.74, 6) is -0.429. The van der Waals surface area contributed by atoms with Gasteiger partial charge in [0.25, 0.3) is 0 Å². The van der Waals surface area contributed by atoms with Crippen LogP contribution in [0, 0.1) is 5.41 Å². The number of nitrogens with one attached hydrogen (secondary N) is 1. The normalized spacial score (nSPS) is 30.4. The summed E-state index contributed by atoms with van der Waals surface area (Å²) in [7, 11) is 0. The lowest BCUT2D eigenvalue weighted by molar-refractivity contribution is -0.157. The molecule has 1 unspecified atom stereocenters.